The van der Waals surface area contributed by atoms with Crippen molar-refractivity contribution in [1.82, 2.24) is 20.1 Å². The van der Waals surface area contributed by atoms with E-state index >= 15 is 0 Å². The number of likely N-dealkylation sites (tertiary alicyclic amines) is 1. The Bertz CT molecular complexity index is 1460. The molecule has 1 N–H and O–H groups in total. The molecule has 0 aliphatic carbocycles. The second-order valence-electron chi connectivity index (χ2n) is 11.8. The minimum Gasteiger partial charge on any atom is -0.493 e. The number of benzene rings is 2. The summed E-state index contributed by atoms with van der Waals surface area (Å²) in [4.78, 5) is 47.1. The molecule has 1 saturated heterocycles. The van der Waals surface area contributed by atoms with E-state index in [1.807, 2.05) is 55.1 Å². The van der Waals surface area contributed by atoms with Crippen molar-refractivity contribution in [2.45, 2.75) is 51.9 Å². The van der Waals surface area contributed by atoms with E-state index < -0.39 is 6.10 Å². The zero-order valence-electron chi connectivity index (χ0n) is 25.5. The van der Waals surface area contributed by atoms with E-state index in [9.17, 15) is 14.4 Å². The van der Waals surface area contributed by atoms with E-state index in [-0.39, 0.29) is 36.9 Å². The molecule has 2 aliphatic rings. The molecule has 3 aromatic rings. The van der Waals surface area contributed by atoms with Crippen molar-refractivity contribution in [2.75, 3.05) is 33.3 Å². The Labute approximate surface area is 258 Å². The van der Waals surface area contributed by atoms with Crippen molar-refractivity contribution in [3.8, 4) is 17.2 Å². The van der Waals surface area contributed by atoms with Crippen LogP contribution in [0, 0.1) is 5.92 Å². The van der Waals surface area contributed by atoms with Gasteiger partial charge in [0.2, 0.25) is 11.8 Å². The predicted molar refractivity (Wildman–Crippen MR) is 165 cm³/mol. The van der Waals surface area contributed by atoms with Gasteiger partial charge in [-0.05, 0) is 60.2 Å². The zero-order chi connectivity index (χ0) is 31.1. The van der Waals surface area contributed by atoms with E-state index in [1.54, 1.807) is 37.6 Å². The predicted octanol–water partition coefficient (Wildman–Crippen LogP) is 4.23. The summed E-state index contributed by atoms with van der Waals surface area (Å²) < 4.78 is 18.5. The molecule has 232 valence electrons. The summed E-state index contributed by atoms with van der Waals surface area (Å²) in [5, 5.41) is 3.07. The lowest BCUT2D eigenvalue weighted by atomic mass is 10.00. The van der Waals surface area contributed by atoms with Gasteiger partial charge in [-0.2, -0.15) is 0 Å². The van der Waals surface area contributed by atoms with Crippen LogP contribution >= 0.6 is 0 Å². The average Bonchev–Trinajstić information content (AvgIpc) is 3.02. The van der Waals surface area contributed by atoms with Crippen molar-refractivity contribution in [3.63, 3.8) is 0 Å². The van der Waals surface area contributed by atoms with Gasteiger partial charge in [-0.1, -0.05) is 32.0 Å². The van der Waals surface area contributed by atoms with Crippen molar-refractivity contribution < 1.29 is 28.6 Å². The molecule has 5 rings (SSSR count). The second kappa shape index (κ2) is 14.4. The smallest absolute Gasteiger partial charge is 0.254 e. The number of amides is 3. The number of likely N-dealkylation sites (N-methyl/N-ethyl adjacent to an activating group) is 1. The van der Waals surface area contributed by atoms with Gasteiger partial charge in [0, 0.05) is 50.6 Å². The Morgan fingerprint density at radius 1 is 1.11 bits per heavy atom. The van der Waals surface area contributed by atoms with Crippen LogP contribution < -0.4 is 14.8 Å². The highest BCUT2D eigenvalue weighted by molar-refractivity contribution is 5.97. The number of carbonyl (C=O) groups excluding carboxylic acids is 3. The average molecular weight is 601 g/mol. The number of piperidine rings is 1. The first kappa shape index (κ1) is 31.0. The summed E-state index contributed by atoms with van der Waals surface area (Å²) in [5.74, 6) is 1.26. The van der Waals surface area contributed by atoms with Crippen LogP contribution in [-0.2, 0) is 27.4 Å². The summed E-state index contributed by atoms with van der Waals surface area (Å²) in [6, 6.07) is 16.1. The van der Waals surface area contributed by atoms with Crippen LogP contribution in [-0.4, -0.2) is 77.9 Å². The zero-order valence-corrected chi connectivity index (χ0v) is 25.5. The fourth-order valence-electron chi connectivity index (χ4n) is 5.33. The van der Waals surface area contributed by atoms with Gasteiger partial charge >= 0.3 is 0 Å². The number of ether oxygens (including phenoxy) is 3. The molecule has 0 unspecified atom stereocenters. The van der Waals surface area contributed by atoms with Crippen molar-refractivity contribution in [1.29, 1.82) is 0 Å². The highest BCUT2D eigenvalue weighted by Crippen LogP contribution is 2.29. The fourth-order valence-corrected chi connectivity index (χ4v) is 5.33. The minimum absolute atomic E-state index is 0.0352. The largest absolute Gasteiger partial charge is 0.493 e. The molecule has 10 nitrogen and oxygen atoms in total. The lowest BCUT2D eigenvalue weighted by Gasteiger charge is -2.39. The number of carbonyl (C=O) groups is 3. The van der Waals surface area contributed by atoms with E-state index in [1.165, 1.54) is 4.90 Å². The van der Waals surface area contributed by atoms with Gasteiger partial charge < -0.3 is 29.3 Å². The molecule has 2 aliphatic heterocycles. The van der Waals surface area contributed by atoms with Crippen molar-refractivity contribution in [3.05, 3.63) is 83.7 Å². The first-order valence-electron chi connectivity index (χ1n) is 15.1. The number of nitrogens with one attached hydrogen (secondary N) is 1. The van der Waals surface area contributed by atoms with Gasteiger partial charge in [-0.3, -0.25) is 19.4 Å². The molecule has 1 aromatic heterocycles. The van der Waals surface area contributed by atoms with Crippen LogP contribution in [0.4, 0.5) is 0 Å². The van der Waals surface area contributed by atoms with Crippen LogP contribution in [0.25, 0.3) is 0 Å². The molecule has 2 aromatic carbocycles. The van der Waals surface area contributed by atoms with Crippen LogP contribution in [0.5, 0.6) is 17.2 Å². The Balaban J connectivity index is 1.36. The third-order valence-electron chi connectivity index (χ3n) is 7.64. The maximum absolute atomic E-state index is 13.4. The lowest BCUT2D eigenvalue weighted by Crippen LogP contribution is -2.57. The Morgan fingerprint density at radius 2 is 1.98 bits per heavy atom. The number of rotatable bonds is 6. The SMILES string of the molecule is CC(C)COc1cc2cc(c1)C(=O)N(C)CC(=O)N[C@H]1CCN(C(=O)CCc3cccnc3)C[C@@H]1OCc1cccc(c1)O2. The second-order valence-corrected chi connectivity index (χ2v) is 11.8. The molecule has 1 fully saturated rings. The Hall–Kier alpha value is -4.44. The Morgan fingerprint density at radius 3 is 2.77 bits per heavy atom. The monoisotopic (exact) mass is 600 g/mol. The van der Waals surface area contributed by atoms with Gasteiger partial charge in [-0.25, -0.2) is 0 Å². The molecule has 0 spiro atoms. The highest BCUT2D eigenvalue weighted by atomic mass is 16.5. The standard InChI is InChI=1S/C34H40N4O6/c1-23(2)21-42-28-15-26-16-29(17-28)44-27-8-4-6-25(14-27)22-43-31-19-38(33(40)10-9-24-7-5-12-35-18-24)13-11-30(31)36-32(39)20-37(3)34(26)41/h4-8,12,14-18,23,30-31H,9-11,13,19-22H2,1-3H3,(H,36,39)/t30-,31-/m0/s1. The van der Waals surface area contributed by atoms with Crippen molar-refractivity contribution >= 4 is 17.7 Å². The quantitative estimate of drug-likeness (QED) is 0.451. The van der Waals surface area contributed by atoms with Crippen LogP contribution in [0.1, 0.15) is 48.2 Å². The number of hydrogen-bond donors (Lipinski definition) is 1. The molecule has 44 heavy (non-hydrogen) atoms. The van der Waals surface area contributed by atoms with Crippen LogP contribution in [0.3, 0.4) is 0 Å². The number of aryl methyl sites for hydroxylation is 1. The van der Waals surface area contributed by atoms with E-state index in [2.05, 4.69) is 10.3 Å². The summed E-state index contributed by atoms with van der Waals surface area (Å²) in [6.45, 7) is 5.57. The van der Waals surface area contributed by atoms with Gasteiger partial charge in [0.25, 0.3) is 5.91 Å². The van der Waals surface area contributed by atoms with Gasteiger partial charge in [-0.15, -0.1) is 0 Å². The molecule has 3 amide bonds. The third-order valence-corrected chi connectivity index (χ3v) is 7.64. The topological polar surface area (TPSA) is 110 Å². The normalized spacial score (nSPS) is 19.2. The molecule has 0 radical (unpaired) electrons. The number of hydrogen-bond acceptors (Lipinski definition) is 7. The van der Waals surface area contributed by atoms with E-state index in [0.717, 1.165) is 11.1 Å². The molecule has 4 bridgehead atoms. The molecule has 10 heteroatoms. The summed E-state index contributed by atoms with van der Waals surface area (Å²) >= 11 is 0. The number of fused-ring (bicyclic) bond motifs is 5. The van der Waals surface area contributed by atoms with Crippen molar-refractivity contribution in [2.24, 2.45) is 5.92 Å². The maximum Gasteiger partial charge on any atom is 0.254 e. The highest BCUT2D eigenvalue weighted by Gasteiger charge is 2.33. The van der Waals surface area contributed by atoms with Gasteiger partial charge in [0.05, 0.1) is 31.9 Å². The van der Waals surface area contributed by atoms with Crippen LogP contribution in [0.2, 0.25) is 0 Å². The summed E-state index contributed by atoms with van der Waals surface area (Å²) in [6.07, 6.45) is 4.57. The Kier molecular flexibility index (Phi) is 10.1. The number of aromatic nitrogens is 1. The van der Waals surface area contributed by atoms with Crippen LogP contribution in [0.15, 0.2) is 67.0 Å². The first-order chi connectivity index (χ1) is 21.2. The molecular weight excluding hydrogens is 560 g/mol. The minimum atomic E-state index is -0.429. The van der Waals surface area contributed by atoms with Gasteiger partial charge in [0.1, 0.15) is 17.2 Å². The number of pyridine rings is 1. The number of nitrogens with zero attached hydrogens (tertiary/aromatic N) is 3. The van der Waals surface area contributed by atoms with E-state index in [0.29, 0.717) is 67.7 Å². The maximum atomic E-state index is 13.4. The molecule has 0 saturated carbocycles. The molecule has 3 heterocycles. The van der Waals surface area contributed by atoms with Gasteiger partial charge in [0.15, 0.2) is 0 Å². The first-order valence-corrected chi connectivity index (χ1v) is 15.1. The lowest BCUT2D eigenvalue weighted by molar-refractivity contribution is -0.137. The summed E-state index contributed by atoms with van der Waals surface area (Å²) in [7, 11) is 1.59. The van der Waals surface area contributed by atoms with E-state index in [4.69, 9.17) is 14.2 Å². The molecule has 2 atom stereocenters. The summed E-state index contributed by atoms with van der Waals surface area (Å²) in [5.41, 5.74) is 2.25. The third kappa shape index (κ3) is 8.35. The fraction of sp³-hybridized carbons (Fsp3) is 0.412. The molecular formula is C34H40N4O6.